The highest BCUT2D eigenvalue weighted by molar-refractivity contribution is 5.91. The Balaban J connectivity index is 2.05. The van der Waals surface area contributed by atoms with Gasteiger partial charge in [-0.15, -0.1) is 0 Å². The van der Waals surface area contributed by atoms with Gasteiger partial charge in [-0.1, -0.05) is 13.2 Å². The van der Waals surface area contributed by atoms with E-state index in [0.29, 0.717) is 18.4 Å². The van der Waals surface area contributed by atoms with Gasteiger partial charge in [-0.05, 0) is 37.7 Å². The second-order valence-corrected chi connectivity index (χ2v) is 6.36. The van der Waals surface area contributed by atoms with E-state index in [9.17, 15) is 15.0 Å². The van der Waals surface area contributed by atoms with Crippen LogP contribution in [0.3, 0.4) is 0 Å². The maximum absolute atomic E-state index is 11.7. The third-order valence-corrected chi connectivity index (χ3v) is 5.20. The maximum Gasteiger partial charge on any atom is 0.334 e. The smallest absolute Gasteiger partial charge is 0.334 e. The van der Waals surface area contributed by atoms with Crippen LogP contribution >= 0.6 is 0 Å². The van der Waals surface area contributed by atoms with E-state index >= 15 is 0 Å². The van der Waals surface area contributed by atoms with Gasteiger partial charge in [0.1, 0.15) is 6.10 Å². The zero-order chi connectivity index (χ0) is 13.9. The summed E-state index contributed by atoms with van der Waals surface area (Å²) in [6.45, 7) is 9.58. The first-order valence-electron chi connectivity index (χ1n) is 6.82. The number of rotatable bonds is 0. The number of esters is 1. The van der Waals surface area contributed by atoms with Crippen molar-refractivity contribution in [2.45, 2.75) is 44.0 Å². The van der Waals surface area contributed by atoms with Gasteiger partial charge in [-0.3, -0.25) is 0 Å². The molecule has 0 amide bonds. The van der Waals surface area contributed by atoms with Crippen LogP contribution < -0.4 is 0 Å². The van der Waals surface area contributed by atoms with E-state index in [-0.39, 0.29) is 23.9 Å². The number of aliphatic hydroxyl groups is 2. The third kappa shape index (κ3) is 1.70. The molecule has 0 spiro atoms. The van der Waals surface area contributed by atoms with Crippen LogP contribution in [0.2, 0.25) is 0 Å². The largest absolute Gasteiger partial charge is 0.458 e. The molecule has 3 aliphatic rings. The molecule has 3 rings (SSSR count). The molecule has 0 radical (unpaired) electrons. The van der Waals surface area contributed by atoms with Crippen molar-refractivity contribution >= 4 is 5.97 Å². The Labute approximate surface area is 112 Å². The number of carbonyl (C=O) groups is 1. The number of carbonyl (C=O) groups excluding carboxylic acids is 1. The van der Waals surface area contributed by atoms with Gasteiger partial charge in [-0.25, -0.2) is 4.79 Å². The zero-order valence-corrected chi connectivity index (χ0v) is 11.1. The third-order valence-electron chi connectivity index (χ3n) is 5.20. The van der Waals surface area contributed by atoms with Gasteiger partial charge in [0.15, 0.2) is 0 Å². The molecule has 104 valence electrons. The SMILES string of the molecule is C=C1C(=O)O[C@@H]2[C@@H]3[C@@H](CC[C@@]3(C)O)C(=C)[C@H](O)C[C@@H]12. The maximum atomic E-state index is 11.7. The van der Waals surface area contributed by atoms with Gasteiger partial charge in [-0.2, -0.15) is 0 Å². The minimum Gasteiger partial charge on any atom is -0.458 e. The lowest BCUT2D eigenvalue weighted by Crippen LogP contribution is -2.42. The molecule has 19 heavy (non-hydrogen) atoms. The van der Waals surface area contributed by atoms with E-state index < -0.39 is 17.7 Å². The summed E-state index contributed by atoms with van der Waals surface area (Å²) in [5, 5.41) is 20.8. The van der Waals surface area contributed by atoms with Crippen LogP contribution in [-0.2, 0) is 9.53 Å². The van der Waals surface area contributed by atoms with E-state index in [2.05, 4.69) is 13.2 Å². The Morgan fingerprint density at radius 1 is 1.37 bits per heavy atom. The second-order valence-electron chi connectivity index (χ2n) is 6.36. The number of aliphatic hydroxyl groups excluding tert-OH is 1. The monoisotopic (exact) mass is 264 g/mol. The molecule has 0 aromatic rings. The van der Waals surface area contributed by atoms with Crippen molar-refractivity contribution in [3.05, 3.63) is 24.3 Å². The van der Waals surface area contributed by atoms with Crippen molar-refractivity contribution in [2.24, 2.45) is 17.8 Å². The van der Waals surface area contributed by atoms with Crippen molar-refractivity contribution in [1.29, 1.82) is 0 Å². The summed E-state index contributed by atoms with van der Waals surface area (Å²) in [5.41, 5.74) is 0.298. The second kappa shape index (κ2) is 3.93. The highest BCUT2D eigenvalue weighted by Crippen LogP contribution is 2.53. The van der Waals surface area contributed by atoms with Gasteiger partial charge in [0.05, 0.1) is 11.7 Å². The molecular weight excluding hydrogens is 244 g/mol. The average Bonchev–Trinajstić information content (AvgIpc) is 2.75. The molecule has 2 aliphatic carbocycles. The predicted octanol–water partition coefficient (Wildman–Crippen LogP) is 1.18. The minimum atomic E-state index is -0.883. The fraction of sp³-hybridized carbons (Fsp3) is 0.667. The van der Waals surface area contributed by atoms with Crippen LogP contribution in [0.5, 0.6) is 0 Å². The fourth-order valence-electron chi connectivity index (χ4n) is 4.10. The first-order valence-corrected chi connectivity index (χ1v) is 6.82. The number of fused-ring (bicyclic) bond motifs is 3. The Kier molecular flexibility index (Phi) is 2.67. The van der Waals surface area contributed by atoms with E-state index in [1.165, 1.54) is 0 Å². The Bertz CT molecular complexity index is 465. The van der Waals surface area contributed by atoms with Gasteiger partial charge in [0.2, 0.25) is 0 Å². The number of hydrogen-bond acceptors (Lipinski definition) is 4. The van der Waals surface area contributed by atoms with Crippen LogP contribution in [0.4, 0.5) is 0 Å². The molecule has 3 fully saturated rings. The van der Waals surface area contributed by atoms with Gasteiger partial charge in [0, 0.05) is 17.4 Å². The summed E-state index contributed by atoms with van der Waals surface area (Å²) >= 11 is 0. The lowest BCUT2D eigenvalue weighted by Gasteiger charge is -2.34. The quantitative estimate of drug-likeness (QED) is 0.392. The molecule has 1 heterocycles. The highest BCUT2D eigenvalue weighted by Gasteiger charge is 2.58. The Morgan fingerprint density at radius 3 is 2.74 bits per heavy atom. The van der Waals surface area contributed by atoms with Crippen LogP contribution in [0.25, 0.3) is 0 Å². The first-order chi connectivity index (χ1) is 8.83. The van der Waals surface area contributed by atoms with Crippen LogP contribution in [-0.4, -0.2) is 34.0 Å². The van der Waals surface area contributed by atoms with Crippen LogP contribution in [0.15, 0.2) is 24.3 Å². The van der Waals surface area contributed by atoms with Crippen molar-refractivity contribution in [2.75, 3.05) is 0 Å². The topological polar surface area (TPSA) is 66.8 Å². The summed E-state index contributed by atoms with van der Waals surface area (Å²) in [6.07, 6.45) is 0.804. The molecule has 6 atom stereocenters. The lowest BCUT2D eigenvalue weighted by molar-refractivity contribution is -0.146. The average molecular weight is 264 g/mol. The molecular formula is C15H20O4. The number of ether oxygens (including phenoxy) is 1. The summed E-state index contributed by atoms with van der Waals surface area (Å²) in [6, 6.07) is 0. The molecule has 4 nitrogen and oxygen atoms in total. The Morgan fingerprint density at radius 2 is 2.05 bits per heavy atom. The standard InChI is InChI=1S/C15H20O4/c1-7-9-4-5-15(3,18)12(9)13-10(6-11(7)16)8(2)14(17)19-13/h9-13,16,18H,1-2,4-6H2,3H3/t9-,10-,11+,12-,13-,15+/m0/s1. The van der Waals surface area contributed by atoms with E-state index in [1.807, 2.05) is 0 Å². The van der Waals surface area contributed by atoms with Crippen molar-refractivity contribution < 1.29 is 19.7 Å². The normalized spacial score (nSPS) is 49.6. The molecule has 4 heteroatoms. The summed E-state index contributed by atoms with van der Waals surface area (Å²) in [5.74, 6) is -0.779. The number of hydrogen-bond donors (Lipinski definition) is 2. The molecule has 2 saturated carbocycles. The summed E-state index contributed by atoms with van der Waals surface area (Å²) < 4.78 is 5.45. The lowest BCUT2D eigenvalue weighted by atomic mass is 9.77. The van der Waals surface area contributed by atoms with Crippen LogP contribution in [0, 0.1) is 17.8 Å². The summed E-state index contributed by atoms with van der Waals surface area (Å²) in [4.78, 5) is 11.7. The first kappa shape index (κ1) is 12.9. The van der Waals surface area contributed by atoms with E-state index in [1.54, 1.807) is 6.92 Å². The fourth-order valence-corrected chi connectivity index (χ4v) is 4.10. The molecule has 1 saturated heterocycles. The van der Waals surface area contributed by atoms with Gasteiger partial charge in [0.25, 0.3) is 0 Å². The zero-order valence-electron chi connectivity index (χ0n) is 11.1. The van der Waals surface area contributed by atoms with Crippen molar-refractivity contribution in [3.8, 4) is 0 Å². The molecule has 0 aromatic heterocycles. The molecule has 2 N–H and O–H groups in total. The van der Waals surface area contributed by atoms with E-state index in [4.69, 9.17) is 4.74 Å². The van der Waals surface area contributed by atoms with Gasteiger partial charge < -0.3 is 14.9 Å². The Hall–Kier alpha value is -1.13. The molecule has 0 bridgehead atoms. The predicted molar refractivity (Wildman–Crippen MR) is 69.1 cm³/mol. The van der Waals surface area contributed by atoms with Crippen LogP contribution in [0.1, 0.15) is 26.2 Å². The summed E-state index contributed by atoms with van der Waals surface area (Å²) in [7, 11) is 0. The minimum absolute atomic E-state index is 0.0127. The van der Waals surface area contributed by atoms with E-state index in [0.717, 1.165) is 12.0 Å². The molecule has 0 unspecified atom stereocenters. The van der Waals surface area contributed by atoms with Crippen molar-refractivity contribution in [3.63, 3.8) is 0 Å². The molecule has 0 aromatic carbocycles. The highest BCUT2D eigenvalue weighted by atomic mass is 16.6. The van der Waals surface area contributed by atoms with Gasteiger partial charge >= 0.3 is 5.97 Å². The molecule has 1 aliphatic heterocycles. The van der Waals surface area contributed by atoms with Crippen molar-refractivity contribution in [1.82, 2.24) is 0 Å².